The van der Waals surface area contributed by atoms with E-state index in [2.05, 4.69) is 17.5 Å². The molecule has 0 aliphatic rings. The van der Waals surface area contributed by atoms with E-state index in [-0.39, 0.29) is 0 Å². The van der Waals surface area contributed by atoms with Gasteiger partial charge in [-0.1, -0.05) is 24.3 Å². The zero-order valence-electron chi connectivity index (χ0n) is 9.43. The molecule has 17 heavy (non-hydrogen) atoms. The number of benzene rings is 1. The molecule has 0 unspecified atom stereocenters. The van der Waals surface area contributed by atoms with E-state index in [1.807, 2.05) is 30.3 Å². The number of rotatable bonds is 5. The third-order valence-corrected chi connectivity index (χ3v) is 3.40. The van der Waals surface area contributed by atoms with Gasteiger partial charge >= 0.3 is 0 Å². The van der Waals surface area contributed by atoms with Crippen LogP contribution in [0.5, 0.6) is 0 Å². The van der Waals surface area contributed by atoms with Crippen LogP contribution in [0.25, 0.3) is 0 Å². The van der Waals surface area contributed by atoms with Gasteiger partial charge in [-0.15, -0.1) is 11.3 Å². The molecule has 2 rings (SSSR count). The summed E-state index contributed by atoms with van der Waals surface area (Å²) in [6, 6.07) is 13.9. The van der Waals surface area contributed by atoms with E-state index >= 15 is 0 Å². The molecule has 1 heterocycles. The van der Waals surface area contributed by atoms with Gasteiger partial charge < -0.3 is 4.74 Å². The summed E-state index contributed by atoms with van der Waals surface area (Å²) >= 11 is 1.74. The zero-order chi connectivity index (χ0) is 11.9. The van der Waals surface area contributed by atoms with Gasteiger partial charge in [0.25, 0.3) is 0 Å². The van der Waals surface area contributed by atoms with Crippen molar-refractivity contribution in [2.45, 2.75) is 13.0 Å². The molecule has 0 saturated heterocycles. The van der Waals surface area contributed by atoms with Gasteiger partial charge in [0.15, 0.2) is 0 Å². The molecule has 0 aliphatic carbocycles. The number of nitrogens with zero attached hydrogens (tertiary/aromatic N) is 1. The lowest BCUT2D eigenvalue weighted by molar-refractivity contribution is 0.124. The van der Waals surface area contributed by atoms with Crippen molar-refractivity contribution in [3.8, 4) is 6.07 Å². The number of nitriles is 1. The van der Waals surface area contributed by atoms with Crippen molar-refractivity contribution in [2.24, 2.45) is 0 Å². The molecular formula is C14H13NOS. The molecule has 0 amide bonds. The SMILES string of the molecule is N#Cc1ccccc1COCCc1cccs1. The Balaban J connectivity index is 1.80. The number of ether oxygens (including phenoxy) is 1. The van der Waals surface area contributed by atoms with Crippen molar-refractivity contribution in [1.29, 1.82) is 5.26 Å². The molecule has 2 nitrogen and oxygen atoms in total. The highest BCUT2D eigenvalue weighted by molar-refractivity contribution is 7.09. The van der Waals surface area contributed by atoms with E-state index < -0.39 is 0 Å². The minimum atomic E-state index is 0.509. The van der Waals surface area contributed by atoms with E-state index in [4.69, 9.17) is 10.00 Å². The predicted molar refractivity (Wildman–Crippen MR) is 68.8 cm³/mol. The van der Waals surface area contributed by atoms with Gasteiger partial charge in [-0.25, -0.2) is 0 Å². The van der Waals surface area contributed by atoms with Gasteiger partial charge in [0.05, 0.1) is 24.8 Å². The summed E-state index contributed by atoms with van der Waals surface area (Å²) in [6.07, 6.45) is 0.937. The van der Waals surface area contributed by atoms with E-state index in [1.54, 1.807) is 11.3 Å². The first-order valence-corrected chi connectivity index (χ1v) is 6.36. The molecule has 1 aromatic carbocycles. The molecular weight excluding hydrogens is 230 g/mol. The highest BCUT2D eigenvalue weighted by Crippen LogP contribution is 2.11. The molecule has 1 aromatic heterocycles. The second-order valence-corrected chi connectivity index (χ2v) is 4.68. The van der Waals surface area contributed by atoms with E-state index in [0.717, 1.165) is 12.0 Å². The van der Waals surface area contributed by atoms with Crippen LogP contribution < -0.4 is 0 Å². The standard InChI is InChI=1S/C14H13NOS/c15-10-12-4-1-2-5-13(12)11-16-8-7-14-6-3-9-17-14/h1-6,9H,7-8,11H2. The highest BCUT2D eigenvalue weighted by Gasteiger charge is 2.00. The minimum absolute atomic E-state index is 0.509. The number of hydrogen-bond acceptors (Lipinski definition) is 3. The fourth-order valence-electron chi connectivity index (χ4n) is 1.56. The Labute approximate surface area is 105 Å². The summed E-state index contributed by atoms with van der Waals surface area (Å²) in [6.45, 7) is 1.20. The fourth-order valence-corrected chi connectivity index (χ4v) is 2.26. The first kappa shape index (κ1) is 11.8. The first-order valence-electron chi connectivity index (χ1n) is 5.48. The van der Waals surface area contributed by atoms with E-state index in [9.17, 15) is 0 Å². The summed E-state index contributed by atoms with van der Waals surface area (Å²) in [5.74, 6) is 0. The van der Waals surface area contributed by atoms with E-state index in [1.165, 1.54) is 4.88 Å². The molecule has 0 atom stereocenters. The van der Waals surface area contributed by atoms with Crippen LogP contribution in [0.1, 0.15) is 16.0 Å². The quantitative estimate of drug-likeness (QED) is 0.754. The molecule has 0 saturated carbocycles. The van der Waals surface area contributed by atoms with Gasteiger partial charge in [0.2, 0.25) is 0 Å². The van der Waals surface area contributed by atoms with Crippen molar-refractivity contribution in [1.82, 2.24) is 0 Å². The predicted octanol–water partition coefficient (Wildman–Crippen LogP) is 3.38. The van der Waals surface area contributed by atoms with Gasteiger partial charge in [-0.3, -0.25) is 0 Å². The largest absolute Gasteiger partial charge is 0.376 e. The van der Waals surface area contributed by atoms with Crippen molar-refractivity contribution >= 4 is 11.3 Å². The van der Waals surface area contributed by atoms with Gasteiger partial charge in [-0.2, -0.15) is 5.26 Å². The molecule has 0 fully saturated rings. The summed E-state index contributed by atoms with van der Waals surface area (Å²) in [5, 5.41) is 11.0. The third kappa shape index (κ3) is 3.42. The van der Waals surface area contributed by atoms with Crippen LogP contribution in [0.4, 0.5) is 0 Å². The molecule has 86 valence electrons. The monoisotopic (exact) mass is 243 g/mol. The molecule has 3 heteroatoms. The summed E-state index contributed by atoms with van der Waals surface area (Å²) in [5.41, 5.74) is 1.66. The van der Waals surface area contributed by atoms with Crippen LogP contribution in [0.2, 0.25) is 0 Å². The van der Waals surface area contributed by atoms with Crippen LogP contribution in [-0.2, 0) is 17.8 Å². The van der Waals surface area contributed by atoms with Crippen molar-refractivity contribution in [3.05, 3.63) is 57.8 Å². The average molecular weight is 243 g/mol. The maximum Gasteiger partial charge on any atom is 0.0995 e. The van der Waals surface area contributed by atoms with Crippen LogP contribution in [0.3, 0.4) is 0 Å². The van der Waals surface area contributed by atoms with Crippen LogP contribution >= 0.6 is 11.3 Å². The Bertz CT molecular complexity index is 499. The Morgan fingerprint density at radius 2 is 2.06 bits per heavy atom. The Kier molecular flexibility index (Phi) is 4.31. The van der Waals surface area contributed by atoms with E-state index in [0.29, 0.717) is 18.8 Å². The number of hydrogen-bond donors (Lipinski definition) is 0. The Morgan fingerprint density at radius 1 is 1.18 bits per heavy atom. The summed E-state index contributed by atoms with van der Waals surface area (Å²) in [4.78, 5) is 1.33. The Hall–Kier alpha value is -1.63. The molecule has 0 bridgehead atoms. The molecule has 0 radical (unpaired) electrons. The molecule has 0 N–H and O–H groups in total. The molecule has 0 aliphatic heterocycles. The first-order chi connectivity index (χ1) is 8.40. The smallest absolute Gasteiger partial charge is 0.0995 e. The maximum absolute atomic E-state index is 8.92. The molecule has 2 aromatic rings. The third-order valence-electron chi connectivity index (χ3n) is 2.47. The average Bonchev–Trinajstić information content (AvgIpc) is 2.88. The van der Waals surface area contributed by atoms with Gasteiger partial charge in [0.1, 0.15) is 0 Å². The van der Waals surface area contributed by atoms with Crippen molar-refractivity contribution < 1.29 is 4.74 Å². The highest BCUT2D eigenvalue weighted by atomic mass is 32.1. The number of thiophene rings is 1. The summed E-state index contributed by atoms with van der Waals surface area (Å²) < 4.78 is 5.59. The van der Waals surface area contributed by atoms with Crippen LogP contribution in [0.15, 0.2) is 41.8 Å². The second kappa shape index (κ2) is 6.19. The van der Waals surface area contributed by atoms with Gasteiger partial charge in [0, 0.05) is 11.3 Å². The zero-order valence-corrected chi connectivity index (χ0v) is 10.2. The molecule has 0 spiro atoms. The topological polar surface area (TPSA) is 33.0 Å². The minimum Gasteiger partial charge on any atom is -0.376 e. The van der Waals surface area contributed by atoms with Crippen LogP contribution in [-0.4, -0.2) is 6.61 Å². The van der Waals surface area contributed by atoms with Gasteiger partial charge in [-0.05, 0) is 23.1 Å². The maximum atomic E-state index is 8.92. The van der Waals surface area contributed by atoms with Crippen molar-refractivity contribution in [3.63, 3.8) is 0 Å². The summed E-state index contributed by atoms with van der Waals surface area (Å²) in [7, 11) is 0. The van der Waals surface area contributed by atoms with Crippen molar-refractivity contribution in [2.75, 3.05) is 6.61 Å². The Morgan fingerprint density at radius 3 is 2.82 bits per heavy atom. The lowest BCUT2D eigenvalue weighted by Crippen LogP contribution is -1.99. The lowest BCUT2D eigenvalue weighted by Gasteiger charge is -2.05. The lowest BCUT2D eigenvalue weighted by atomic mass is 10.1. The normalized spacial score (nSPS) is 10.1. The fraction of sp³-hybridized carbons (Fsp3) is 0.214. The second-order valence-electron chi connectivity index (χ2n) is 3.65. The van der Waals surface area contributed by atoms with Crippen LogP contribution in [0, 0.1) is 11.3 Å².